The summed E-state index contributed by atoms with van der Waals surface area (Å²) in [4.78, 5) is 4.53. The van der Waals surface area contributed by atoms with Crippen molar-refractivity contribution in [1.29, 1.82) is 5.26 Å². The highest BCUT2D eigenvalue weighted by atomic mass is 15.2. The van der Waals surface area contributed by atoms with Crippen LogP contribution in [0.1, 0.15) is 48.6 Å². The second kappa shape index (κ2) is 6.37. The summed E-state index contributed by atoms with van der Waals surface area (Å²) < 4.78 is 2.19. The van der Waals surface area contributed by atoms with Crippen molar-refractivity contribution in [3.05, 3.63) is 34.5 Å². The van der Waals surface area contributed by atoms with Crippen molar-refractivity contribution in [1.82, 2.24) is 19.7 Å². The topological polar surface area (TPSA) is 79.4 Å². The van der Waals surface area contributed by atoms with E-state index in [0.717, 1.165) is 55.0 Å². The highest BCUT2D eigenvalue weighted by Gasteiger charge is 2.22. The zero-order valence-corrected chi connectivity index (χ0v) is 13.9. The molecule has 0 bridgehead atoms. The van der Waals surface area contributed by atoms with Crippen molar-refractivity contribution in [3.63, 3.8) is 0 Å². The van der Waals surface area contributed by atoms with Crippen molar-refractivity contribution in [2.45, 2.75) is 59.0 Å². The fourth-order valence-electron chi connectivity index (χ4n) is 3.29. The van der Waals surface area contributed by atoms with Crippen LogP contribution in [0.15, 0.2) is 6.20 Å². The predicted molar refractivity (Wildman–Crippen MR) is 88.2 cm³/mol. The number of fused-ring (bicyclic) bond motifs is 1. The molecule has 1 aliphatic rings. The van der Waals surface area contributed by atoms with Gasteiger partial charge in [-0.1, -0.05) is 13.8 Å². The van der Waals surface area contributed by atoms with Gasteiger partial charge < -0.3 is 9.88 Å². The highest BCUT2D eigenvalue weighted by Crippen LogP contribution is 2.23. The SMILES string of the molecule is CCc1nnc(NC2CCc3nc(C)cn3C2)c(C#N)c1CC. The van der Waals surface area contributed by atoms with Crippen molar-refractivity contribution in [3.8, 4) is 6.07 Å². The maximum Gasteiger partial charge on any atom is 0.167 e. The Morgan fingerprint density at radius 3 is 2.87 bits per heavy atom. The molecule has 0 spiro atoms. The van der Waals surface area contributed by atoms with Crippen LogP contribution in [0.5, 0.6) is 0 Å². The third kappa shape index (κ3) is 2.91. The molecule has 0 saturated carbocycles. The van der Waals surface area contributed by atoms with Gasteiger partial charge in [0.2, 0.25) is 0 Å². The number of rotatable bonds is 4. The lowest BCUT2D eigenvalue weighted by Gasteiger charge is -2.25. The molecule has 6 heteroatoms. The number of aryl methyl sites for hydroxylation is 3. The quantitative estimate of drug-likeness (QED) is 0.938. The van der Waals surface area contributed by atoms with Gasteiger partial charge in [-0.15, -0.1) is 5.10 Å². The van der Waals surface area contributed by atoms with E-state index in [9.17, 15) is 5.26 Å². The third-order valence-corrected chi connectivity index (χ3v) is 4.41. The molecular weight excluding hydrogens is 288 g/mol. The number of aromatic nitrogens is 4. The summed E-state index contributed by atoms with van der Waals surface area (Å²) in [7, 11) is 0. The second-order valence-electron chi connectivity index (χ2n) is 6.00. The van der Waals surface area contributed by atoms with E-state index < -0.39 is 0 Å². The standard InChI is InChI=1S/C17H22N6/c1-4-13-14(8-18)17(22-21-15(13)5-2)20-12-6-7-16-19-11(3)9-23(16)10-12/h9,12H,4-7,10H2,1-3H3,(H,20,22). The van der Waals surface area contributed by atoms with Gasteiger partial charge in [0, 0.05) is 25.2 Å². The van der Waals surface area contributed by atoms with Gasteiger partial charge in [-0.3, -0.25) is 0 Å². The first kappa shape index (κ1) is 15.5. The number of hydrogen-bond donors (Lipinski definition) is 1. The lowest BCUT2D eigenvalue weighted by Crippen LogP contribution is -2.32. The van der Waals surface area contributed by atoms with Gasteiger partial charge in [0.05, 0.1) is 11.4 Å². The van der Waals surface area contributed by atoms with Crippen LogP contribution in [0.3, 0.4) is 0 Å². The van der Waals surface area contributed by atoms with E-state index in [1.54, 1.807) is 0 Å². The fourth-order valence-corrected chi connectivity index (χ4v) is 3.29. The van der Waals surface area contributed by atoms with Crippen LogP contribution in [0.4, 0.5) is 5.82 Å². The molecule has 2 aromatic rings. The number of anilines is 1. The normalized spacial score (nSPS) is 16.7. The van der Waals surface area contributed by atoms with Crippen molar-refractivity contribution < 1.29 is 0 Å². The molecule has 0 aromatic carbocycles. The van der Waals surface area contributed by atoms with E-state index in [1.807, 2.05) is 13.8 Å². The molecule has 1 unspecified atom stereocenters. The summed E-state index contributed by atoms with van der Waals surface area (Å²) in [6.07, 6.45) is 5.60. The van der Waals surface area contributed by atoms with E-state index >= 15 is 0 Å². The van der Waals surface area contributed by atoms with E-state index in [-0.39, 0.29) is 6.04 Å². The predicted octanol–water partition coefficient (Wildman–Crippen LogP) is 2.40. The van der Waals surface area contributed by atoms with Gasteiger partial charge in [0.25, 0.3) is 0 Å². The molecule has 1 aliphatic heterocycles. The van der Waals surface area contributed by atoms with Crippen molar-refractivity contribution in [2.75, 3.05) is 5.32 Å². The molecule has 23 heavy (non-hydrogen) atoms. The molecule has 1 atom stereocenters. The maximum absolute atomic E-state index is 9.57. The van der Waals surface area contributed by atoms with Crippen LogP contribution in [0, 0.1) is 18.3 Å². The molecule has 3 rings (SSSR count). The Kier molecular flexibility index (Phi) is 4.28. The van der Waals surface area contributed by atoms with E-state index in [4.69, 9.17) is 0 Å². The molecule has 0 fully saturated rings. The summed E-state index contributed by atoms with van der Waals surface area (Å²) >= 11 is 0. The summed E-state index contributed by atoms with van der Waals surface area (Å²) in [6, 6.07) is 2.56. The van der Waals surface area contributed by atoms with Gasteiger partial charge >= 0.3 is 0 Å². The Balaban J connectivity index is 1.85. The molecule has 2 aromatic heterocycles. The summed E-state index contributed by atoms with van der Waals surface area (Å²) in [6.45, 7) is 6.97. The Hall–Kier alpha value is -2.42. The zero-order chi connectivity index (χ0) is 16.4. The third-order valence-electron chi connectivity index (χ3n) is 4.41. The maximum atomic E-state index is 9.57. The minimum Gasteiger partial charge on any atom is -0.363 e. The Morgan fingerprint density at radius 2 is 2.17 bits per heavy atom. The second-order valence-corrected chi connectivity index (χ2v) is 6.00. The van der Waals surface area contributed by atoms with E-state index in [1.165, 1.54) is 0 Å². The first-order valence-corrected chi connectivity index (χ1v) is 8.23. The molecule has 0 aliphatic carbocycles. The largest absolute Gasteiger partial charge is 0.363 e. The van der Waals surface area contributed by atoms with Crippen molar-refractivity contribution in [2.24, 2.45) is 0 Å². The zero-order valence-electron chi connectivity index (χ0n) is 13.9. The molecule has 6 nitrogen and oxygen atoms in total. The molecule has 0 amide bonds. The number of nitriles is 1. The first-order chi connectivity index (χ1) is 11.2. The Labute approximate surface area is 136 Å². The monoisotopic (exact) mass is 310 g/mol. The molecule has 120 valence electrons. The number of hydrogen-bond acceptors (Lipinski definition) is 5. The Morgan fingerprint density at radius 1 is 1.35 bits per heavy atom. The van der Waals surface area contributed by atoms with Gasteiger partial charge in [0.15, 0.2) is 5.82 Å². The summed E-state index contributed by atoms with van der Waals surface area (Å²) in [5.74, 6) is 1.76. The van der Waals surface area contributed by atoms with E-state index in [0.29, 0.717) is 11.4 Å². The summed E-state index contributed by atoms with van der Waals surface area (Å²) in [5, 5.41) is 21.6. The van der Waals surface area contributed by atoms with Crippen LogP contribution < -0.4 is 5.32 Å². The smallest absolute Gasteiger partial charge is 0.167 e. The number of nitrogens with zero attached hydrogens (tertiary/aromatic N) is 5. The lowest BCUT2D eigenvalue weighted by atomic mass is 10.0. The van der Waals surface area contributed by atoms with Crippen LogP contribution in [-0.2, 0) is 25.8 Å². The average molecular weight is 310 g/mol. The fraction of sp³-hybridized carbons (Fsp3) is 0.529. The van der Waals surface area contributed by atoms with E-state index in [2.05, 4.69) is 44.3 Å². The van der Waals surface area contributed by atoms with Crippen LogP contribution in [0.2, 0.25) is 0 Å². The first-order valence-electron chi connectivity index (χ1n) is 8.23. The van der Waals surface area contributed by atoms with Crippen LogP contribution in [0.25, 0.3) is 0 Å². The molecule has 1 N–H and O–H groups in total. The molecule has 0 radical (unpaired) electrons. The number of imidazole rings is 1. The van der Waals surface area contributed by atoms with Crippen LogP contribution in [-0.4, -0.2) is 25.8 Å². The lowest BCUT2D eigenvalue weighted by molar-refractivity contribution is 0.475. The molecule has 0 saturated heterocycles. The minimum absolute atomic E-state index is 0.245. The van der Waals surface area contributed by atoms with Gasteiger partial charge in [-0.2, -0.15) is 10.4 Å². The van der Waals surface area contributed by atoms with Gasteiger partial charge in [0.1, 0.15) is 17.5 Å². The van der Waals surface area contributed by atoms with Gasteiger partial charge in [-0.05, 0) is 31.7 Å². The Bertz CT molecular complexity index is 755. The average Bonchev–Trinajstić information content (AvgIpc) is 2.93. The van der Waals surface area contributed by atoms with Gasteiger partial charge in [-0.25, -0.2) is 4.98 Å². The van der Waals surface area contributed by atoms with Crippen molar-refractivity contribution >= 4 is 5.82 Å². The molecular formula is C17H22N6. The minimum atomic E-state index is 0.245. The number of nitrogens with one attached hydrogen (secondary N) is 1. The molecule has 3 heterocycles. The highest BCUT2D eigenvalue weighted by molar-refractivity contribution is 5.57. The summed E-state index contributed by atoms with van der Waals surface area (Å²) in [5.41, 5.74) is 3.64. The van der Waals surface area contributed by atoms with Crippen LogP contribution >= 0.6 is 0 Å².